The molecule has 5 heteroatoms. The average molecular weight is 352 g/mol. The average Bonchev–Trinajstić information content (AvgIpc) is 2.93. The summed E-state index contributed by atoms with van der Waals surface area (Å²) in [5.74, 6) is 1.25. The van der Waals surface area contributed by atoms with E-state index >= 15 is 0 Å². The Kier molecular flexibility index (Phi) is 5.46. The van der Waals surface area contributed by atoms with Gasteiger partial charge in [0.2, 0.25) is 5.91 Å². The summed E-state index contributed by atoms with van der Waals surface area (Å²) in [6.45, 7) is 6.92. The van der Waals surface area contributed by atoms with Gasteiger partial charge in [-0.25, -0.2) is 0 Å². The molecule has 0 bridgehead atoms. The number of amides is 1. The highest BCUT2D eigenvalue weighted by Gasteiger charge is 2.14. The fourth-order valence-corrected chi connectivity index (χ4v) is 3.06. The second-order valence-electron chi connectivity index (χ2n) is 6.02. The Balaban J connectivity index is 1.82. The minimum absolute atomic E-state index is 0.0903. The number of hydrogen-bond donors (Lipinski definition) is 2. The fourth-order valence-electron chi connectivity index (χ4n) is 3.06. The highest BCUT2D eigenvalue weighted by molar-refractivity contribution is 5.97. The van der Waals surface area contributed by atoms with Crippen molar-refractivity contribution in [2.24, 2.45) is 0 Å². The molecule has 0 aliphatic heterocycles. The van der Waals surface area contributed by atoms with Crippen molar-refractivity contribution < 1.29 is 14.3 Å². The minimum atomic E-state index is -0.0903. The molecule has 0 radical (unpaired) electrons. The van der Waals surface area contributed by atoms with Crippen molar-refractivity contribution in [3.05, 3.63) is 53.7 Å². The molecular formula is C21H24N2O3. The van der Waals surface area contributed by atoms with Gasteiger partial charge in [-0.3, -0.25) is 4.79 Å². The molecule has 5 nitrogen and oxygen atoms in total. The van der Waals surface area contributed by atoms with E-state index in [0.29, 0.717) is 36.8 Å². The summed E-state index contributed by atoms with van der Waals surface area (Å²) in [6.07, 6.45) is 0.292. The molecule has 136 valence electrons. The zero-order valence-corrected chi connectivity index (χ0v) is 15.4. The van der Waals surface area contributed by atoms with E-state index in [1.54, 1.807) is 6.07 Å². The summed E-state index contributed by atoms with van der Waals surface area (Å²) in [7, 11) is 0. The van der Waals surface area contributed by atoms with Crippen LogP contribution in [0.5, 0.6) is 11.5 Å². The van der Waals surface area contributed by atoms with Gasteiger partial charge in [-0.05, 0) is 44.5 Å². The molecule has 26 heavy (non-hydrogen) atoms. The highest BCUT2D eigenvalue weighted by atomic mass is 16.5. The lowest BCUT2D eigenvalue weighted by atomic mass is 10.1. The number of nitrogens with one attached hydrogen (secondary N) is 2. The van der Waals surface area contributed by atoms with E-state index in [0.717, 1.165) is 22.2 Å². The normalized spacial score (nSPS) is 10.7. The van der Waals surface area contributed by atoms with Crippen LogP contribution in [0.4, 0.5) is 5.69 Å². The molecule has 1 aromatic heterocycles. The number of para-hydroxylation sites is 1. The predicted octanol–water partition coefficient (Wildman–Crippen LogP) is 4.45. The monoisotopic (exact) mass is 352 g/mol. The van der Waals surface area contributed by atoms with Crippen LogP contribution in [0.3, 0.4) is 0 Å². The molecule has 3 aromatic rings. The van der Waals surface area contributed by atoms with Crippen molar-refractivity contribution in [3.63, 3.8) is 0 Å². The minimum Gasteiger partial charge on any atom is -0.494 e. The van der Waals surface area contributed by atoms with Crippen LogP contribution in [0.15, 0.2) is 42.5 Å². The van der Waals surface area contributed by atoms with Gasteiger partial charge in [-0.1, -0.05) is 18.2 Å². The first kappa shape index (κ1) is 17.9. The van der Waals surface area contributed by atoms with Crippen LogP contribution in [0.1, 0.15) is 25.1 Å². The van der Waals surface area contributed by atoms with Crippen molar-refractivity contribution in [3.8, 4) is 11.5 Å². The largest absolute Gasteiger partial charge is 0.494 e. The van der Waals surface area contributed by atoms with E-state index in [2.05, 4.69) is 10.3 Å². The van der Waals surface area contributed by atoms with Crippen molar-refractivity contribution >= 4 is 22.5 Å². The van der Waals surface area contributed by atoms with Crippen LogP contribution in [-0.2, 0) is 11.2 Å². The first-order valence-electron chi connectivity index (χ1n) is 8.88. The van der Waals surface area contributed by atoms with Gasteiger partial charge in [-0.15, -0.1) is 0 Å². The SMILES string of the molecule is CCOc1ccc(OCC)c(NC(=O)Cc2c(C)[nH]c3ccccc23)c1. The number of hydrogen-bond acceptors (Lipinski definition) is 3. The number of rotatable bonds is 7. The third kappa shape index (κ3) is 3.82. The maximum absolute atomic E-state index is 12.7. The first-order valence-corrected chi connectivity index (χ1v) is 8.88. The number of carbonyl (C=O) groups excluding carboxylic acids is 1. The molecule has 0 saturated carbocycles. The number of H-pyrrole nitrogens is 1. The van der Waals surface area contributed by atoms with Gasteiger partial charge in [-0.2, -0.15) is 0 Å². The standard InChI is InChI=1S/C21H24N2O3/c1-4-25-15-10-11-20(26-5-2)19(12-15)23-21(24)13-17-14(3)22-18-9-7-6-8-16(17)18/h6-12,22H,4-5,13H2,1-3H3,(H,23,24). The molecule has 1 amide bonds. The Hall–Kier alpha value is -2.95. The zero-order chi connectivity index (χ0) is 18.5. The van der Waals surface area contributed by atoms with E-state index < -0.39 is 0 Å². The Bertz CT molecular complexity index is 915. The number of fused-ring (bicyclic) bond motifs is 1. The summed E-state index contributed by atoms with van der Waals surface area (Å²) in [4.78, 5) is 16.0. The molecule has 3 rings (SSSR count). The number of aromatic amines is 1. The summed E-state index contributed by atoms with van der Waals surface area (Å²) in [6, 6.07) is 13.5. The van der Waals surface area contributed by atoms with Gasteiger partial charge in [0.25, 0.3) is 0 Å². The van der Waals surface area contributed by atoms with Crippen molar-refractivity contribution in [2.45, 2.75) is 27.2 Å². The third-order valence-electron chi connectivity index (χ3n) is 4.20. The zero-order valence-electron chi connectivity index (χ0n) is 15.4. The van der Waals surface area contributed by atoms with Crippen molar-refractivity contribution in [1.29, 1.82) is 0 Å². The molecule has 0 fully saturated rings. The van der Waals surface area contributed by atoms with Crippen LogP contribution >= 0.6 is 0 Å². The van der Waals surface area contributed by atoms with E-state index in [9.17, 15) is 4.79 Å². The van der Waals surface area contributed by atoms with Crippen LogP contribution in [-0.4, -0.2) is 24.1 Å². The molecule has 1 heterocycles. The number of aromatic nitrogens is 1. The van der Waals surface area contributed by atoms with E-state index in [4.69, 9.17) is 9.47 Å². The van der Waals surface area contributed by atoms with Crippen LogP contribution < -0.4 is 14.8 Å². The summed E-state index contributed by atoms with van der Waals surface area (Å²) in [5, 5.41) is 4.04. The Morgan fingerprint density at radius 3 is 2.62 bits per heavy atom. The van der Waals surface area contributed by atoms with Gasteiger partial charge in [0.15, 0.2) is 0 Å². The van der Waals surface area contributed by atoms with Gasteiger partial charge in [0, 0.05) is 22.7 Å². The van der Waals surface area contributed by atoms with E-state index in [1.807, 2.05) is 57.2 Å². The lowest BCUT2D eigenvalue weighted by molar-refractivity contribution is -0.115. The summed E-state index contributed by atoms with van der Waals surface area (Å²) < 4.78 is 11.2. The number of aryl methyl sites for hydroxylation is 1. The summed E-state index contributed by atoms with van der Waals surface area (Å²) >= 11 is 0. The van der Waals surface area contributed by atoms with Crippen LogP contribution in [0.2, 0.25) is 0 Å². The second kappa shape index (κ2) is 7.95. The number of carbonyl (C=O) groups is 1. The molecule has 2 aromatic carbocycles. The van der Waals surface area contributed by atoms with Gasteiger partial charge >= 0.3 is 0 Å². The first-order chi connectivity index (χ1) is 12.6. The van der Waals surface area contributed by atoms with Crippen LogP contribution in [0, 0.1) is 6.92 Å². The van der Waals surface area contributed by atoms with E-state index in [1.165, 1.54) is 0 Å². The smallest absolute Gasteiger partial charge is 0.228 e. The van der Waals surface area contributed by atoms with Crippen LogP contribution in [0.25, 0.3) is 10.9 Å². The maximum Gasteiger partial charge on any atom is 0.228 e. The van der Waals surface area contributed by atoms with Gasteiger partial charge in [0.05, 0.1) is 25.3 Å². The number of anilines is 1. The molecule has 0 unspecified atom stereocenters. The molecule has 0 spiro atoms. The Morgan fingerprint density at radius 1 is 1.08 bits per heavy atom. The van der Waals surface area contributed by atoms with Gasteiger partial charge in [0.1, 0.15) is 11.5 Å². The van der Waals surface area contributed by atoms with E-state index in [-0.39, 0.29) is 5.91 Å². The van der Waals surface area contributed by atoms with Crippen molar-refractivity contribution in [1.82, 2.24) is 4.98 Å². The Morgan fingerprint density at radius 2 is 1.85 bits per heavy atom. The predicted molar refractivity (Wildman–Crippen MR) is 104 cm³/mol. The molecule has 0 aliphatic rings. The lowest BCUT2D eigenvalue weighted by Gasteiger charge is -2.13. The summed E-state index contributed by atoms with van der Waals surface area (Å²) in [5.41, 5.74) is 3.69. The Labute approximate surface area is 153 Å². The maximum atomic E-state index is 12.7. The highest BCUT2D eigenvalue weighted by Crippen LogP contribution is 2.30. The van der Waals surface area contributed by atoms with Crippen molar-refractivity contribution in [2.75, 3.05) is 18.5 Å². The molecule has 0 atom stereocenters. The third-order valence-corrected chi connectivity index (χ3v) is 4.20. The van der Waals surface area contributed by atoms with Gasteiger partial charge < -0.3 is 19.8 Å². The lowest BCUT2D eigenvalue weighted by Crippen LogP contribution is -2.15. The molecule has 2 N–H and O–H groups in total. The molecular weight excluding hydrogens is 328 g/mol. The fraction of sp³-hybridized carbons (Fsp3) is 0.286. The second-order valence-corrected chi connectivity index (χ2v) is 6.02. The topological polar surface area (TPSA) is 63.4 Å². The quantitative estimate of drug-likeness (QED) is 0.660. The molecule has 0 saturated heterocycles. The number of benzene rings is 2. The number of ether oxygens (including phenoxy) is 2. The molecule has 0 aliphatic carbocycles.